The number of rotatable bonds is 5. The maximum Gasteiger partial charge on any atom is 0.179 e. The molecule has 1 heterocycles. The van der Waals surface area contributed by atoms with Gasteiger partial charge in [-0.1, -0.05) is 92.7 Å². The van der Waals surface area contributed by atoms with Crippen LogP contribution in [0.25, 0.3) is 22.3 Å². The molecule has 7 rings (SSSR count). The first-order valence-electron chi connectivity index (χ1n) is 14.3. The molecular weight excluding hydrogens is 556 g/mol. The first kappa shape index (κ1) is 27.1. The lowest BCUT2D eigenvalue weighted by Crippen LogP contribution is -2.74. The molecule has 0 bridgehead atoms. The van der Waals surface area contributed by atoms with Crippen LogP contribution in [0, 0.1) is 17.5 Å². The summed E-state index contributed by atoms with van der Waals surface area (Å²) in [7, 11) is -3.08. The third-order valence-corrected chi connectivity index (χ3v) is 13.7. The summed E-state index contributed by atoms with van der Waals surface area (Å²) in [5, 5.41) is 3.79. The summed E-state index contributed by atoms with van der Waals surface area (Å²) < 4.78 is 42.5. The van der Waals surface area contributed by atoms with Crippen LogP contribution < -0.4 is 20.7 Å². The monoisotopic (exact) mass is 583 g/mol. The standard InChI is InChI=1S/C38H28F3NSi/c1-38(2)36-24-26(7-22-34(36)35-4-3-23-42-37(35)38)25-5-14-30(15-6-25)43(31-16-8-27(39)9-17-31,32-18-10-28(40)11-19-32)33-20-12-29(41)13-21-33/h3-24H,1-2H3. The zero-order chi connectivity index (χ0) is 29.8. The molecule has 5 aromatic carbocycles. The van der Waals surface area contributed by atoms with Gasteiger partial charge in [0.2, 0.25) is 0 Å². The Morgan fingerprint density at radius 2 is 0.953 bits per heavy atom. The predicted molar refractivity (Wildman–Crippen MR) is 171 cm³/mol. The molecule has 210 valence electrons. The second-order valence-electron chi connectivity index (χ2n) is 11.6. The van der Waals surface area contributed by atoms with E-state index in [0.717, 1.165) is 37.6 Å². The topological polar surface area (TPSA) is 12.9 Å². The lowest BCUT2D eigenvalue weighted by Gasteiger charge is -2.34. The summed E-state index contributed by atoms with van der Waals surface area (Å²) in [5.74, 6) is -1.01. The summed E-state index contributed by atoms with van der Waals surface area (Å²) in [4.78, 5) is 4.70. The number of hydrogen-bond donors (Lipinski definition) is 0. The Labute approximate surface area is 250 Å². The van der Waals surface area contributed by atoms with Gasteiger partial charge in [0, 0.05) is 17.2 Å². The van der Waals surface area contributed by atoms with Crippen LogP contribution in [0.5, 0.6) is 0 Å². The molecule has 1 nitrogen and oxygen atoms in total. The van der Waals surface area contributed by atoms with Crippen molar-refractivity contribution in [3.05, 3.63) is 162 Å². The Kier molecular flexibility index (Phi) is 6.44. The molecule has 0 unspecified atom stereocenters. The van der Waals surface area contributed by atoms with Crippen LogP contribution in [-0.4, -0.2) is 13.1 Å². The van der Waals surface area contributed by atoms with Crippen molar-refractivity contribution in [3.63, 3.8) is 0 Å². The molecule has 1 aliphatic carbocycles. The first-order chi connectivity index (χ1) is 20.8. The van der Waals surface area contributed by atoms with E-state index in [1.165, 1.54) is 53.1 Å². The highest BCUT2D eigenvalue weighted by Crippen LogP contribution is 2.48. The SMILES string of the molecule is CC1(C)c2cc(-c3ccc([Si](c4ccc(F)cc4)(c4ccc(F)cc4)c4ccc(F)cc4)cc3)ccc2-c2cccnc21. The van der Waals surface area contributed by atoms with E-state index in [1.807, 2.05) is 12.3 Å². The number of hydrogen-bond acceptors (Lipinski definition) is 1. The summed E-state index contributed by atoms with van der Waals surface area (Å²) in [5.41, 5.74) is 6.68. The number of aromatic nitrogens is 1. The summed E-state index contributed by atoms with van der Waals surface area (Å²) >= 11 is 0. The highest BCUT2D eigenvalue weighted by Gasteiger charge is 2.42. The average molecular weight is 584 g/mol. The van der Waals surface area contributed by atoms with Crippen molar-refractivity contribution in [2.45, 2.75) is 19.3 Å². The fourth-order valence-corrected chi connectivity index (χ4v) is 11.4. The Morgan fingerprint density at radius 1 is 0.512 bits per heavy atom. The summed E-state index contributed by atoms with van der Waals surface area (Å²) in [6.45, 7) is 4.43. The zero-order valence-electron chi connectivity index (χ0n) is 23.8. The molecule has 0 aliphatic heterocycles. The van der Waals surface area contributed by atoms with Gasteiger partial charge in [-0.25, -0.2) is 13.2 Å². The Bertz CT molecular complexity index is 1840. The molecule has 0 saturated heterocycles. The van der Waals surface area contributed by atoms with Gasteiger partial charge < -0.3 is 0 Å². The number of benzene rings is 5. The number of fused-ring (bicyclic) bond motifs is 3. The Morgan fingerprint density at radius 3 is 1.44 bits per heavy atom. The molecule has 0 spiro atoms. The van der Waals surface area contributed by atoms with Crippen LogP contribution in [0.2, 0.25) is 0 Å². The van der Waals surface area contributed by atoms with Crippen molar-refractivity contribution >= 4 is 28.8 Å². The predicted octanol–water partition coefficient (Wildman–Crippen LogP) is 6.85. The molecular formula is C38H28F3NSi. The normalized spacial score (nSPS) is 13.4. The lowest BCUT2D eigenvalue weighted by molar-refractivity contribution is 0.628. The molecule has 0 fully saturated rings. The van der Waals surface area contributed by atoms with E-state index in [1.54, 1.807) is 36.4 Å². The first-order valence-corrected chi connectivity index (χ1v) is 16.3. The van der Waals surface area contributed by atoms with Crippen molar-refractivity contribution in [3.8, 4) is 22.3 Å². The smallest absolute Gasteiger partial charge is 0.179 e. The van der Waals surface area contributed by atoms with E-state index < -0.39 is 8.07 Å². The van der Waals surface area contributed by atoms with Crippen LogP contribution in [0.1, 0.15) is 25.1 Å². The van der Waals surface area contributed by atoms with Gasteiger partial charge in [-0.15, -0.1) is 0 Å². The summed E-state index contributed by atoms with van der Waals surface area (Å²) in [6, 6.07) is 38.7. The molecule has 0 radical (unpaired) electrons. The van der Waals surface area contributed by atoms with Crippen LogP contribution in [0.4, 0.5) is 13.2 Å². The van der Waals surface area contributed by atoms with E-state index in [0.29, 0.717) is 0 Å². The molecule has 1 aliphatic rings. The molecule has 0 N–H and O–H groups in total. The van der Waals surface area contributed by atoms with Gasteiger partial charge in [0.25, 0.3) is 0 Å². The van der Waals surface area contributed by atoms with Crippen molar-refractivity contribution in [2.24, 2.45) is 0 Å². The molecule has 43 heavy (non-hydrogen) atoms. The molecule has 0 amide bonds. The van der Waals surface area contributed by atoms with Crippen molar-refractivity contribution in [2.75, 3.05) is 0 Å². The van der Waals surface area contributed by atoms with Crippen molar-refractivity contribution in [1.29, 1.82) is 0 Å². The van der Waals surface area contributed by atoms with Gasteiger partial charge >= 0.3 is 0 Å². The quantitative estimate of drug-likeness (QED) is 0.160. The third-order valence-electron chi connectivity index (χ3n) is 8.87. The molecule has 1 aromatic heterocycles. The van der Waals surface area contributed by atoms with Gasteiger partial charge in [0.05, 0.1) is 5.69 Å². The molecule has 0 saturated carbocycles. The number of pyridine rings is 1. The van der Waals surface area contributed by atoms with Crippen LogP contribution in [0.3, 0.4) is 0 Å². The number of halogens is 3. The van der Waals surface area contributed by atoms with E-state index in [9.17, 15) is 13.2 Å². The maximum atomic E-state index is 14.2. The fraction of sp³-hybridized carbons (Fsp3) is 0.0789. The minimum absolute atomic E-state index is 0.211. The van der Waals surface area contributed by atoms with Crippen molar-refractivity contribution in [1.82, 2.24) is 4.98 Å². The second kappa shape index (κ2) is 10.2. The van der Waals surface area contributed by atoms with E-state index >= 15 is 0 Å². The lowest BCUT2D eigenvalue weighted by atomic mass is 9.84. The van der Waals surface area contributed by atoms with E-state index in [-0.39, 0.29) is 22.9 Å². The second-order valence-corrected chi connectivity index (χ2v) is 15.4. The molecule has 5 heteroatoms. The van der Waals surface area contributed by atoms with E-state index in [4.69, 9.17) is 4.98 Å². The minimum Gasteiger partial charge on any atom is -0.260 e. The van der Waals surface area contributed by atoms with Crippen LogP contribution in [-0.2, 0) is 5.41 Å². The highest BCUT2D eigenvalue weighted by molar-refractivity contribution is 7.19. The Hall–Kier alpha value is -4.74. The van der Waals surface area contributed by atoms with E-state index in [2.05, 4.69) is 62.4 Å². The molecule has 6 aromatic rings. The largest absolute Gasteiger partial charge is 0.260 e. The average Bonchev–Trinajstić information content (AvgIpc) is 3.26. The zero-order valence-corrected chi connectivity index (χ0v) is 24.8. The van der Waals surface area contributed by atoms with Gasteiger partial charge in [-0.2, -0.15) is 0 Å². The number of nitrogens with zero attached hydrogens (tertiary/aromatic N) is 1. The maximum absolute atomic E-state index is 14.2. The van der Waals surface area contributed by atoms with Gasteiger partial charge in [-0.3, -0.25) is 4.98 Å². The Balaban J connectivity index is 1.40. The van der Waals surface area contributed by atoms with Crippen molar-refractivity contribution < 1.29 is 13.2 Å². The van der Waals surface area contributed by atoms with Gasteiger partial charge in [-0.05, 0) is 91.5 Å². The highest BCUT2D eigenvalue weighted by atomic mass is 28.3. The van der Waals surface area contributed by atoms with Gasteiger partial charge in [0.1, 0.15) is 17.5 Å². The minimum atomic E-state index is -3.08. The van der Waals surface area contributed by atoms with Crippen LogP contribution >= 0.6 is 0 Å². The van der Waals surface area contributed by atoms with Crippen LogP contribution in [0.15, 0.2) is 134 Å². The fourth-order valence-electron chi connectivity index (χ4n) is 6.74. The third kappa shape index (κ3) is 4.34. The summed E-state index contributed by atoms with van der Waals surface area (Å²) in [6.07, 6.45) is 1.85. The molecule has 0 atom stereocenters. The van der Waals surface area contributed by atoms with Gasteiger partial charge in [0.15, 0.2) is 8.07 Å².